The minimum atomic E-state index is -0.740. The van der Waals surface area contributed by atoms with Crippen LogP contribution in [0.3, 0.4) is 0 Å². The number of amides is 1. The SMILES string of the molecule is CCOC(=O)Nc1cc(Nc2ccc(Cl)cc2)c([N+](=O)[O-])c(N)n1. The van der Waals surface area contributed by atoms with Crippen LogP contribution in [0.15, 0.2) is 30.3 Å². The summed E-state index contributed by atoms with van der Waals surface area (Å²) in [6.07, 6.45) is -0.740. The number of nitro groups is 1. The zero-order chi connectivity index (χ0) is 17.7. The van der Waals surface area contributed by atoms with E-state index in [2.05, 4.69) is 15.6 Å². The number of nitrogens with two attached hydrogens (primary N) is 1. The lowest BCUT2D eigenvalue weighted by atomic mass is 10.2. The molecule has 2 aromatic rings. The Hall–Kier alpha value is -3.07. The van der Waals surface area contributed by atoms with E-state index in [0.29, 0.717) is 10.7 Å². The number of nitrogen functional groups attached to an aromatic ring is 1. The van der Waals surface area contributed by atoms with Crippen molar-refractivity contribution in [2.75, 3.05) is 23.0 Å². The van der Waals surface area contributed by atoms with E-state index in [1.165, 1.54) is 6.07 Å². The van der Waals surface area contributed by atoms with Gasteiger partial charge < -0.3 is 15.8 Å². The Kier molecular flexibility index (Phi) is 5.38. The molecular formula is C14H14ClN5O4. The predicted molar refractivity (Wildman–Crippen MR) is 90.7 cm³/mol. The second-order valence-corrected chi connectivity index (χ2v) is 4.96. The van der Waals surface area contributed by atoms with E-state index in [-0.39, 0.29) is 23.9 Å². The Morgan fingerprint density at radius 1 is 1.42 bits per heavy atom. The summed E-state index contributed by atoms with van der Waals surface area (Å²) in [6.45, 7) is 1.81. The van der Waals surface area contributed by atoms with Gasteiger partial charge in [0.1, 0.15) is 11.5 Å². The number of hydrogen-bond donors (Lipinski definition) is 3. The fraction of sp³-hybridized carbons (Fsp3) is 0.143. The Morgan fingerprint density at radius 2 is 2.08 bits per heavy atom. The summed E-state index contributed by atoms with van der Waals surface area (Å²) in [6, 6.07) is 7.82. The molecule has 9 nitrogen and oxygen atoms in total. The van der Waals surface area contributed by atoms with Crippen LogP contribution < -0.4 is 16.4 Å². The monoisotopic (exact) mass is 351 g/mol. The lowest BCUT2D eigenvalue weighted by Crippen LogP contribution is -2.15. The highest BCUT2D eigenvalue weighted by molar-refractivity contribution is 6.30. The summed E-state index contributed by atoms with van der Waals surface area (Å²) in [5, 5.41) is 17.0. The molecule has 0 aliphatic rings. The molecule has 1 heterocycles. The van der Waals surface area contributed by atoms with Crippen molar-refractivity contribution < 1.29 is 14.5 Å². The maximum Gasteiger partial charge on any atom is 0.412 e. The quantitative estimate of drug-likeness (QED) is 0.554. The summed E-state index contributed by atoms with van der Waals surface area (Å²) in [7, 11) is 0. The molecule has 0 fully saturated rings. The number of aromatic nitrogens is 1. The highest BCUT2D eigenvalue weighted by atomic mass is 35.5. The average Bonchev–Trinajstić information content (AvgIpc) is 2.49. The number of rotatable bonds is 5. The van der Waals surface area contributed by atoms with Crippen molar-refractivity contribution in [2.45, 2.75) is 6.92 Å². The number of nitrogens with zero attached hydrogens (tertiary/aromatic N) is 2. The van der Waals surface area contributed by atoms with Gasteiger partial charge in [-0.25, -0.2) is 9.78 Å². The molecule has 0 spiro atoms. The molecule has 0 bridgehead atoms. The molecule has 4 N–H and O–H groups in total. The number of hydrogen-bond acceptors (Lipinski definition) is 7. The third-order valence-electron chi connectivity index (χ3n) is 2.83. The summed E-state index contributed by atoms with van der Waals surface area (Å²) in [5.74, 6) is -0.321. The van der Waals surface area contributed by atoms with E-state index in [4.69, 9.17) is 22.1 Å². The normalized spacial score (nSPS) is 10.1. The number of carbonyl (C=O) groups excluding carboxylic acids is 1. The van der Waals surface area contributed by atoms with Crippen LogP contribution in [0.25, 0.3) is 0 Å². The van der Waals surface area contributed by atoms with E-state index < -0.39 is 16.7 Å². The van der Waals surface area contributed by atoms with E-state index in [1.54, 1.807) is 31.2 Å². The standard InChI is InChI=1S/C14H14ClN5O4/c1-2-24-14(21)19-11-7-10(12(20(22)23)13(16)18-11)17-9-5-3-8(15)4-6-9/h3-7H,2H2,1H3,(H4,16,17,18,19,21). The molecule has 0 atom stereocenters. The van der Waals surface area contributed by atoms with Gasteiger partial charge in [-0.15, -0.1) is 0 Å². The fourth-order valence-corrected chi connectivity index (χ4v) is 2.00. The summed E-state index contributed by atoms with van der Waals surface area (Å²) >= 11 is 5.81. The summed E-state index contributed by atoms with van der Waals surface area (Å²) in [4.78, 5) is 25.8. The zero-order valence-electron chi connectivity index (χ0n) is 12.6. The smallest absolute Gasteiger partial charge is 0.412 e. The predicted octanol–water partition coefficient (Wildman–Crippen LogP) is 3.54. The number of pyridine rings is 1. The van der Waals surface area contributed by atoms with E-state index in [0.717, 1.165) is 0 Å². The van der Waals surface area contributed by atoms with Crippen LogP contribution in [0.5, 0.6) is 0 Å². The number of ether oxygens (including phenoxy) is 1. The van der Waals surface area contributed by atoms with Gasteiger partial charge in [-0.1, -0.05) is 11.6 Å². The molecule has 126 valence electrons. The first-order chi connectivity index (χ1) is 11.4. The average molecular weight is 352 g/mol. The number of benzene rings is 1. The van der Waals surface area contributed by atoms with Gasteiger partial charge in [-0.3, -0.25) is 15.4 Å². The van der Waals surface area contributed by atoms with Crippen molar-refractivity contribution in [1.82, 2.24) is 4.98 Å². The van der Waals surface area contributed by atoms with Gasteiger partial charge >= 0.3 is 11.8 Å². The zero-order valence-corrected chi connectivity index (χ0v) is 13.3. The van der Waals surface area contributed by atoms with Gasteiger partial charge in [0.05, 0.1) is 11.5 Å². The number of anilines is 4. The minimum absolute atomic E-state index is 0.0213. The number of nitrogens with one attached hydrogen (secondary N) is 2. The topological polar surface area (TPSA) is 132 Å². The molecule has 0 aliphatic carbocycles. The van der Waals surface area contributed by atoms with Crippen molar-refractivity contribution >= 4 is 46.4 Å². The second-order valence-electron chi connectivity index (χ2n) is 4.52. The lowest BCUT2D eigenvalue weighted by molar-refractivity contribution is -0.383. The van der Waals surface area contributed by atoms with Crippen LogP contribution in [-0.4, -0.2) is 22.6 Å². The molecule has 1 amide bonds. The van der Waals surface area contributed by atoms with E-state index >= 15 is 0 Å². The highest BCUT2D eigenvalue weighted by Crippen LogP contribution is 2.34. The van der Waals surface area contributed by atoms with E-state index in [9.17, 15) is 14.9 Å². The second kappa shape index (κ2) is 7.47. The molecule has 1 aromatic heterocycles. The molecule has 0 saturated carbocycles. The van der Waals surface area contributed by atoms with Gasteiger partial charge in [0, 0.05) is 16.8 Å². The van der Waals surface area contributed by atoms with E-state index in [1.807, 2.05) is 0 Å². The van der Waals surface area contributed by atoms with Gasteiger partial charge in [-0.2, -0.15) is 0 Å². The molecule has 0 aliphatic heterocycles. The van der Waals surface area contributed by atoms with Crippen molar-refractivity contribution in [3.8, 4) is 0 Å². The molecule has 2 rings (SSSR count). The first kappa shape index (κ1) is 17.3. The summed E-state index contributed by atoms with van der Waals surface area (Å²) in [5.41, 5.74) is 5.86. The maximum atomic E-state index is 11.5. The number of carbonyl (C=O) groups is 1. The van der Waals surface area contributed by atoms with Crippen LogP contribution in [0.2, 0.25) is 5.02 Å². The third kappa shape index (κ3) is 4.23. The van der Waals surface area contributed by atoms with Gasteiger partial charge in [0.25, 0.3) is 0 Å². The van der Waals surface area contributed by atoms with Crippen LogP contribution >= 0.6 is 11.6 Å². The Morgan fingerprint density at radius 3 is 2.67 bits per heavy atom. The van der Waals surface area contributed by atoms with Crippen molar-refractivity contribution in [2.24, 2.45) is 0 Å². The van der Waals surface area contributed by atoms with Crippen LogP contribution in [0, 0.1) is 10.1 Å². The maximum absolute atomic E-state index is 11.5. The van der Waals surface area contributed by atoms with Crippen molar-refractivity contribution in [1.29, 1.82) is 0 Å². The third-order valence-corrected chi connectivity index (χ3v) is 3.08. The first-order valence-electron chi connectivity index (χ1n) is 6.82. The molecule has 0 unspecified atom stereocenters. The minimum Gasteiger partial charge on any atom is -0.450 e. The van der Waals surface area contributed by atoms with Crippen LogP contribution in [-0.2, 0) is 4.74 Å². The Balaban J connectivity index is 2.38. The molecule has 0 radical (unpaired) electrons. The molecular weight excluding hydrogens is 338 g/mol. The molecule has 0 saturated heterocycles. The Labute approximate surface area is 141 Å². The van der Waals surface area contributed by atoms with Crippen LogP contribution in [0.4, 0.5) is 33.5 Å². The van der Waals surface area contributed by atoms with Crippen molar-refractivity contribution in [3.63, 3.8) is 0 Å². The van der Waals surface area contributed by atoms with Crippen LogP contribution in [0.1, 0.15) is 6.92 Å². The molecule has 24 heavy (non-hydrogen) atoms. The molecule has 10 heteroatoms. The number of halogens is 1. The molecule has 1 aromatic carbocycles. The largest absolute Gasteiger partial charge is 0.450 e. The Bertz CT molecular complexity index is 767. The fourth-order valence-electron chi connectivity index (χ4n) is 1.87. The first-order valence-corrected chi connectivity index (χ1v) is 7.19. The van der Waals surface area contributed by atoms with Gasteiger partial charge in [0.15, 0.2) is 0 Å². The summed E-state index contributed by atoms with van der Waals surface area (Å²) < 4.78 is 4.73. The highest BCUT2D eigenvalue weighted by Gasteiger charge is 2.22. The van der Waals surface area contributed by atoms with Crippen molar-refractivity contribution in [3.05, 3.63) is 45.5 Å². The lowest BCUT2D eigenvalue weighted by Gasteiger charge is -2.11. The van der Waals surface area contributed by atoms with Gasteiger partial charge in [-0.05, 0) is 31.2 Å². The van der Waals surface area contributed by atoms with Gasteiger partial charge in [0.2, 0.25) is 5.82 Å².